The van der Waals surface area contributed by atoms with Gasteiger partial charge in [0.05, 0.1) is 11.9 Å². The molecule has 0 unspecified atom stereocenters. The van der Waals surface area contributed by atoms with Gasteiger partial charge in [0, 0.05) is 13.0 Å². The molecule has 1 aliphatic heterocycles. The molecule has 0 bridgehead atoms. The number of nitrogens with zero attached hydrogens (tertiary/aromatic N) is 2. The molecule has 2 rings (SSSR count). The van der Waals surface area contributed by atoms with Crippen molar-refractivity contribution in [1.29, 1.82) is 0 Å². The van der Waals surface area contributed by atoms with Crippen LogP contribution in [0.15, 0.2) is 6.20 Å². The summed E-state index contributed by atoms with van der Waals surface area (Å²) >= 11 is 0. The maximum absolute atomic E-state index is 12.4. The van der Waals surface area contributed by atoms with Crippen molar-refractivity contribution in [1.82, 2.24) is 9.97 Å². The third-order valence-electron chi connectivity index (χ3n) is 1.47. The lowest BCUT2D eigenvalue weighted by molar-refractivity contribution is 0.572. The van der Waals surface area contributed by atoms with E-state index in [0.717, 1.165) is 30.7 Å². The van der Waals surface area contributed by atoms with Crippen molar-refractivity contribution >= 4 is 5.82 Å². The number of rotatable bonds is 0. The van der Waals surface area contributed by atoms with Crippen LogP contribution in [0.3, 0.4) is 0 Å². The summed E-state index contributed by atoms with van der Waals surface area (Å²) < 4.78 is 12.4. The average Bonchev–Trinajstić information content (AvgIpc) is 2.33. The SMILES string of the molecule is Fc1cnc2c(n1)CCN2. The molecule has 0 amide bonds. The molecule has 52 valence electrons. The molecular formula is C6H6FN3. The van der Waals surface area contributed by atoms with E-state index >= 15 is 0 Å². The molecule has 2 heterocycles. The molecule has 0 aliphatic carbocycles. The molecule has 0 atom stereocenters. The smallest absolute Gasteiger partial charge is 0.231 e. The number of aromatic nitrogens is 2. The van der Waals surface area contributed by atoms with Gasteiger partial charge in [-0.2, -0.15) is 4.39 Å². The van der Waals surface area contributed by atoms with Gasteiger partial charge < -0.3 is 5.32 Å². The molecule has 0 aromatic carbocycles. The van der Waals surface area contributed by atoms with Crippen molar-refractivity contribution in [3.8, 4) is 0 Å². The molecular weight excluding hydrogens is 133 g/mol. The van der Waals surface area contributed by atoms with E-state index < -0.39 is 5.95 Å². The lowest BCUT2D eigenvalue weighted by Crippen LogP contribution is -1.93. The first-order valence-corrected chi connectivity index (χ1v) is 3.11. The lowest BCUT2D eigenvalue weighted by Gasteiger charge is -1.94. The number of hydrogen-bond acceptors (Lipinski definition) is 3. The van der Waals surface area contributed by atoms with Crippen molar-refractivity contribution in [2.45, 2.75) is 6.42 Å². The molecule has 0 saturated heterocycles. The highest BCUT2D eigenvalue weighted by Gasteiger charge is 2.12. The van der Waals surface area contributed by atoms with Gasteiger partial charge in [0.25, 0.3) is 0 Å². The van der Waals surface area contributed by atoms with Gasteiger partial charge in [-0.1, -0.05) is 0 Å². The molecule has 0 radical (unpaired) electrons. The van der Waals surface area contributed by atoms with E-state index in [-0.39, 0.29) is 0 Å². The van der Waals surface area contributed by atoms with Gasteiger partial charge in [0.1, 0.15) is 5.82 Å². The molecule has 0 saturated carbocycles. The molecule has 4 heteroatoms. The molecule has 0 spiro atoms. The zero-order chi connectivity index (χ0) is 6.97. The first kappa shape index (κ1) is 5.58. The molecule has 1 aliphatic rings. The van der Waals surface area contributed by atoms with Crippen LogP contribution < -0.4 is 5.32 Å². The Bertz CT molecular complexity index is 261. The summed E-state index contributed by atoms with van der Waals surface area (Å²) in [4.78, 5) is 7.47. The minimum Gasteiger partial charge on any atom is -0.368 e. The minimum absolute atomic E-state index is 0.498. The summed E-state index contributed by atoms with van der Waals surface area (Å²) in [5, 5.41) is 2.99. The normalized spacial score (nSPS) is 14.5. The van der Waals surface area contributed by atoms with E-state index in [9.17, 15) is 4.39 Å². The van der Waals surface area contributed by atoms with Crippen LogP contribution in [0, 0.1) is 5.95 Å². The van der Waals surface area contributed by atoms with E-state index in [2.05, 4.69) is 15.3 Å². The van der Waals surface area contributed by atoms with Crippen LogP contribution >= 0.6 is 0 Å². The Balaban J connectivity index is 2.52. The second-order valence-corrected chi connectivity index (χ2v) is 2.16. The largest absolute Gasteiger partial charge is 0.368 e. The summed E-state index contributed by atoms with van der Waals surface area (Å²) in [5.41, 5.74) is 0.736. The monoisotopic (exact) mass is 139 g/mol. The van der Waals surface area contributed by atoms with Gasteiger partial charge in [-0.05, 0) is 0 Å². The van der Waals surface area contributed by atoms with Crippen molar-refractivity contribution in [3.05, 3.63) is 17.8 Å². The third-order valence-corrected chi connectivity index (χ3v) is 1.47. The highest BCUT2D eigenvalue weighted by molar-refractivity contribution is 5.44. The predicted molar refractivity (Wildman–Crippen MR) is 34.2 cm³/mol. The average molecular weight is 139 g/mol. The van der Waals surface area contributed by atoms with Crippen LogP contribution in [0.25, 0.3) is 0 Å². The van der Waals surface area contributed by atoms with E-state index in [4.69, 9.17) is 0 Å². The van der Waals surface area contributed by atoms with E-state index in [1.807, 2.05) is 0 Å². The zero-order valence-electron chi connectivity index (χ0n) is 5.26. The second-order valence-electron chi connectivity index (χ2n) is 2.16. The van der Waals surface area contributed by atoms with Gasteiger partial charge in [0.2, 0.25) is 5.95 Å². The Morgan fingerprint density at radius 1 is 1.60 bits per heavy atom. The summed E-state index contributed by atoms with van der Waals surface area (Å²) in [6.07, 6.45) is 1.90. The summed E-state index contributed by atoms with van der Waals surface area (Å²) in [5.74, 6) is 0.226. The molecule has 1 aromatic heterocycles. The molecule has 1 aromatic rings. The maximum atomic E-state index is 12.4. The Labute approximate surface area is 57.3 Å². The number of halogens is 1. The Hall–Kier alpha value is -1.19. The fourth-order valence-electron chi connectivity index (χ4n) is 1.02. The number of anilines is 1. The highest BCUT2D eigenvalue weighted by atomic mass is 19.1. The fourth-order valence-corrected chi connectivity index (χ4v) is 1.02. The van der Waals surface area contributed by atoms with Crippen LogP contribution in [0.4, 0.5) is 10.2 Å². The van der Waals surface area contributed by atoms with Gasteiger partial charge in [-0.15, -0.1) is 0 Å². The Kier molecular flexibility index (Phi) is 1.06. The fraction of sp³-hybridized carbons (Fsp3) is 0.333. The van der Waals surface area contributed by atoms with Gasteiger partial charge in [-0.3, -0.25) is 0 Å². The van der Waals surface area contributed by atoms with Gasteiger partial charge in [0.15, 0.2) is 0 Å². The molecule has 0 fully saturated rings. The number of fused-ring (bicyclic) bond motifs is 1. The standard InChI is InChI=1S/C6H6FN3/c7-5-3-9-6-4(10-5)1-2-8-6/h3H,1-2H2,(H,8,9). The van der Waals surface area contributed by atoms with E-state index in [1.54, 1.807) is 0 Å². The minimum atomic E-state index is -0.498. The molecule has 10 heavy (non-hydrogen) atoms. The van der Waals surface area contributed by atoms with E-state index in [1.165, 1.54) is 0 Å². The maximum Gasteiger partial charge on any atom is 0.231 e. The van der Waals surface area contributed by atoms with Crippen molar-refractivity contribution in [2.75, 3.05) is 11.9 Å². The Morgan fingerprint density at radius 3 is 3.40 bits per heavy atom. The van der Waals surface area contributed by atoms with Gasteiger partial charge >= 0.3 is 0 Å². The number of nitrogens with one attached hydrogen (secondary N) is 1. The first-order chi connectivity index (χ1) is 4.86. The summed E-state index contributed by atoms with van der Waals surface area (Å²) in [7, 11) is 0. The summed E-state index contributed by atoms with van der Waals surface area (Å²) in [6.45, 7) is 0.818. The lowest BCUT2D eigenvalue weighted by atomic mass is 10.4. The van der Waals surface area contributed by atoms with Crippen LogP contribution in [-0.2, 0) is 6.42 Å². The molecule has 3 nitrogen and oxygen atoms in total. The van der Waals surface area contributed by atoms with Crippen molar-refractivity contribution in [2.24, 2.45) is 0 Å². The predicted octanol–water partition coefficient (Wildman–Crippen LogP) is 0.584. The summed E-state index contributed by atoms with van der Waals surface area (Å²) in [6, 6.07) is 0. The molecule has 1 N–H and O–H groups in total. The number of hydrogen-bond donors (Lipinski definition) is 1. The van der Waals surface area contributed by atoms with Crippen LogP contribution in [0.5, 0.6) is 0 Å². The first-order valence-electron chi connectivity index (χ1n) is 3.11. The third kappa shape index (κ3) is 0.725. The van der Waals surface area contributed by atoms with Crippen molar-refractivity contribution < 1.29 is 4.39 Å². The van der Waals surface area contributed by atoms with E-state index in [0.29, 0.717) is 0 Å². The van der Waals surface area contributed by atoms with Crippen LogP contribution in [0.2, 0.25) is 0 Å². The second kappa shape index (κ2) is 1.90. The Morgan fingerprint density at radius 2 is 2.50 bits per heavy atom. The van der Waals surface area contributed by atoms with Gasteiger partial charge in [-0.25, -0.2) is 9.97 Å². The quantitative estimate of drug-likeness (QED) is 0.571. The topological polar surface area (TPSA) is 37.8 Å². The van der Waals surface area contributed by atoms with Crippen LogP contribution in [0.1, 0.15) is 5.69 Å². The highest BCUT2D eigenvalue weighted by Crippen LogP contribution is 2.15. The zero-order valence-corrected chi connectivity index (χ0v) is 5.26. The van der Waals surface area contributed by atoms with Crippen molar-refractivity contribution in [3.63, 3.8) is 0 Å². The van der Waals surface area contributed by atoms with Crippen LogP contribution in [-0.4, -0.2) is 16.5 Å².